The van der Waals surface area contributed by atoms with Crippen molar-refractivity contribution in [2.45, 2.75) is 110 Å². The van der Waals surface area contributed by atoms with Crippen molar-refractivity contribution in [1.82, 2.24) is 5.32 Å². The first kappa shape index (κ1) is 18.0. The highest BCUT2D eigenvalue weighted by Crippen LogP contribution is 2.38. The Kier molecular flexibility index (Phi) is 7.00. The van der Waals surface area contributed by atoms with E-state index in [0.717, 1.165) is 12.8 Å². The maximum absolute atomic E-state index is 6.49. The van der Waals surface area contributed by atoms with Crippen LogP contribution < -0.4 is 5.32 Å². The van der Waals surface area contributed by atoms with Crippen molar-refractivity contribution in [3.63, 3.8) is 0 Å². The van der Waals surface area contributed by atoms with Crippen molar-refractivity contribution in [1.29, 1.82) is 0 Å². The van der Waals surface area contributed by atoms with Crippen molar-refractivity contribution >= 4 is 0 Å². The van der Waals surface area contributed by atoms with Gasteiger partial charge in [-0.25, -0.2) is 0 Å². The summed E-state index contributed by atoms with van der Waals surface area (Å²) in [4.78, 5) is 0. The molecule has 0 aliphatic carbocycles. The Hall–Kier alpha value is -0.0800. The van der Waals surface area contributed by atoms with Crippen LogP contribution in [-0.4, -0.2) is 17.4 Å². The lowest BCUT2D eigenvalue weighted by Crippen LogP contribution is -2.66. The van der Waals surface area contributed by atoms with Gasteiger partial charge in [-0.15, -0.1) is 0 Å². The molecule has 1 saturated heterocycles. The van der Waals surface area contributed by atoms with Crippen LogP contribution in [0.1, 0.15) is 92.9 Å². The van der Waals surface area contributed by atoms with E-state index in [2.05, 4.69) is 46.9 Å². The van der Waals surface area contributed by atoms with E-state index >= 15 is 0 Å². The Balaban J connectivity index is 2.78. The number of ether oxygens (including phenoxy) is 1. The maximum atomic E-state index is 6.49. The Labute approximate surface area is 127 Å². The summed E-state index contributed by atoms with van der Waals surface area (Å²) in [5.74, 6) is 0.586. The zero-order chi connectivity index (χ0) is 15.2. The molecule has 1 N–H and O–H groups in total. The monoisotopic (exact) mass is 283 g/mol. The van der Waals surface area contributed by atoms with Crippen LogP contribution in [0.2, 0.25) is 0 Å². The third kappa shape index (κ3) is 5.04. The Morgan fingerprint density at radius 3 is 2.35 bits per heavy atom. The van der Waals surface area contributed by atoms with Crippen LogP contribution in [0.25, 0.3) is 0 Å². The molecule has 1 heterocycles. The summed E-state index contributed by atoms with van der Waals surface area (Å²) >= 11 is 0. The number of hydrogen-bond donors (Lipinski definition) is 1. The van der Waals surface area contributed by atoms with Crippen molar-refractivity contribution in [2.75, 3.05) is 0 Å². The third-order valence-corrected chi connectivity index (χ3v) is 4.70. The van der Waals surface area contributed by atoms with E-state index in [1.54, 1.807) is 0 Å². The molecule has 0 aromatic carbocycles. The number of unbranched alkanes of at least 4 members (excludes halogenated alkanes) is 3. The topological polar surface area (TPSA) is 21.3 Å². The SMILES string of the molecule is CCCCCC(C)C1(CCCC)NC(C)(C)CC(C)O1. The minimum atomic E-state index is -0.106. The van der Waals surface area contributed by atoms with Crippen LogP contribution in [0.4, 0.5) is 0 Å². The van der Waals surface area contributed by atoms with Gasteiger partial charge in [-0.1, -0.05) is 46.5 Å². The van der Waals surface area contributed by atoms with Gasteiger partial charge in [0.25, 0.3) is 0 Å². The van der Waals surface area contributed by atoms with Crippen molar-refractivity contribution < 1.29 is 4.74 Å². The highest BCUT2D eigenvalue weighted by molar-refractivity contribution is 4.97. The van der Waals surface area contributed by atoms with Crippen LogP contribution in [0.3, 0.4) is 0 Å². The van der Waals surface area contributed by atoms with E-state index < -0.39 is 0 Å². The molecule has 0 aromatic heterocycles. The standard InChI is InChI=1S/C18H37NO/c1-7-9-11-12-15(3)18(13-10-8-2)19-17(5,6)14-16(4)20-18/h15-16,19H,7-14H2,1-6H3. The van der Waals surface area contributed by atoms with Crippen LogP contribution >= 0.6 is 0 Å². The Morgan fingerprint density at radius 1 is 1.15 bits per heavy atom. The zero-order valence-corrected chi connectivity index (χ0v) is 14.7. The van der Waals surface area contributed by atoms with E-state index in [0.29, 0.717) is 12.0 Å². The average molecular weight is 284 g/mol. The molecule has 0 aromatic rings. The van der Waals surface area contributed by atoms with Gasteiger partial charge in [0.15, 0.2) is 0 Å². The van der Waals surface area contributed by atoms with Crippen molar-refractivity contribution in [3.8, 4) is 0 Å². The van der Waals surface area contributed by atoms with Gasteiger partial charge in [0.1, 0.15) is 5.72 Å². The first-order valence-electron chi connectivity index (χ1n) is 8.82. The van der Waals surface area contributed by atoms with Crippen molar-refractivity contribution in [2.24, 2.45) is 5.92 Å². The summed E-state index contributed by atoms with van der Waals surface area (Å²) in [6.07, 6.45) is 10.3. The molecule has 1 fully saturated rings. The van der Waals surface area contributed by atoms with Gasteiger partial charge >= 0.3 is 0 Å². The molecule has 3 atom stereocenters. The maximum Gasteiger partial charge on any atom is 0.122 e. The van der Waals surface area contributed by atoms with Gasteiger partial charge in [0.2, 0.25) is 0 Å². The van der Waals surface area contributed by atoms with Gasteiger partial charge in [-0.2, -0.15) is 0 Å². The predicted molar refractivity (Wildman–Crippen MR) is 87.9 cm³/mol. The molecule has 1 aliphatic heterocycles. The largest absolute Gasteiger partial charge is 0.357 e. The molecular weight excluding hydrogens is 246 g/mol. The summed E-state index contributed by atoms with van der Waals surface area (Å²) in [7, 11) is 0. The summed E-state index contributed by atoms with van der Waals surface area (Å²) in [6.45, 7) is 13.8. The van der Waals surface area contributed by atoms with E-state index in [1.165, 1.54) is 38.5 Å². The fourth-order valence-corrected chi connectivity index (χ4v) is 3.75. The summed E-state index contributed by atoms with van der Waals surface area (Å²) in [5, 5.41) is 3.88. The van der Waals surface area contributed by atoms with E-state index in [9.17, 15) is 0 Å². The first-order chi connectivity index (χ1) is 9.35. The zero-order valence-electron chi connectivity index (χ0n) is 14.7. The fourth-order valence-electron chi connectivity index (χ4n) is 3.75. The molecule has 2 heteroatoms. The Bertz CT molecular complexity index is 277. The first-order valence-corrected chi connectivity index (χ1v) is 8.82. The van der Waals surface area contributed by atoms with Gasteiger partial charge in [-0.3, -0.25) is 5.32 Å². The Morgan fingerprint density at radius 2 is 1.80 bits per heavy atom. The normalized spacial score (nSPS) is 31.2. The van der Waals surface area contributed by atoms with E-state index in [1.807, 2.05) is 0 Å². The smallest absolute Gasteiger partial charge is 0.122 e. The van der Waals surface area contributed by atoms with E-state index in [-0.39, 0.29) is 11.3 Å². The molecule has 20 heavy (non-hydrogen) atoms. The molecule has 3 unspecified atom stereocenters. The van der Waals surface area contributed by atoms with Crippen LogP contribution in [0.5, 0.6) is 0 Å². The minimum Gasteiger partial charge on any atom is -0.357 e. The van der Waals surface area contributed by atoms with Gasteiger partial charge in [-0.05, 0) is 52.4 Å². The molecular formula is C18H37NO. The van der Waals surface area contributed by atoms with Crippen LogP contribution in [-0.2, 0) is 4.74 Å². The lowest BCUT2D eigenvalue weighted by molar-refractivity contribution is -0.196. The molecule has 0 spiro atoms. The van der Waals surface area contributed by atoms with Gasteiger partial charge < -0.3 is 4.74 Å². The highest BCUT2D eigenvalue weighted by atomic mass is 16.5. The molecule has 120 valence electrons. The highest BCUT2D eigenvalue weighted by Gasteiger charge is 2.45. The quantitative estimate of drug-likeness (QED) is 0.613. The third-order valence-electron chi connectivity index (χ3n) is 4.70. The van der Waals surface area contributed by atoms with Crippen molar-refractivity contribution in [3.05, 3.63) is 0 Å². The lowest BCUT2D eigenvalue weighted by Gasteiger charge is -2.52. The summed E-state index contributed by atoms with van der Waals surface area (Å²) in [6, 6.07) is 0. The number of nitrogens with one attached hydrogen (secondary N) is 1. The second-order valence-corrected chi connectivity index (χ2v) is 7.53. The van der Waals surface area contributed by atoms with Crippen LogP contribution in [0.15, 0.2) is 0 Å². The molecule has 1 rings (SSSR count). The number of hydrogen-bond acceptors (Lipinski definition) is 2. The minimum absolute atomic E-state index is 0.106. The van der Waals surface area contributed by atoms with E-state index in [4.69, 9.17) is 4.74 Å². The predicted octanol–water partition coefficient (Wildman–Crippen LogP) is 5.27. The summed E-state index contributed by atoms with van der Waals surface area (Å²) < 4.78 is 6.49. The second kappa shape index (κ2) is 7.79. The van der Waals surface area contributed by atoms with Gasteiger partial charge in [0.05, 0.1) is 6.10 Å². The molecule has 0 saturated carbocycles. The molecule has 0 radical (unpaired) electrons. The molecule has 2 nitrogen and oxygen atoms in total. The molecule has 0 bridgehead atoms. The second-order valence-electron chi connectivity index (χ2n) is 7.53. The number of rotatable bonds is 8. The fraction of sp³-hybridized carbons (Fsp3) is 1.00. The van der Waals surface area contributed by atoms with Crippen LogP contribution in [0, 0.1) is 5.92 Å². The lowest BCUT2D eigenvalue weighted by atomic mass is 9.82. The molecule has 1 aliphatic rings. The summed E-state index contributed by atoms with van der Waals surface area (Å²) in [5.41, 5.74) is 0.0787. The average Bonchev–Trinajstić information content (AvgIpc) is 2.34. The van der Waals surface area contributed by atoms with Gasteiger partial charge in [0, 0.05) is 5.54 Å². The molecule has 0 amide bonds.